The molecule has 0 radical (unpaired) electrons. The summed E-state index contributed by atoms with van der Waals surface area (Å²) in [4.78, 5) is 47.1. The van der Waals surface area contributed by atoms with Crippen molar-refractivity contribution < 1.29 is 32.3 Å². The van der Waals surface area contributed by atoms with E-state index in [1.54, 1.807) is 4.90 Å². The van der Waals surface area contributed by atoms with Gasteiger partial charge in [-0.25, -0.2) is 22.9 Å². The van der Waals surface area contributed by atoms with Crippen molar-refractivity contribution in [2.45, 2.75) is 19.3 Å². The van der Waals surface area contributed by atoms with Gasteiger partial charge in [-0.2, -0.15) is 0 Å². The highest BCUT2D eigenvalue weighted by molar-refractivity contribution is 6.16. The number of pyridine rings is 1. The first-order valence-electron chi connectivity index (χ1n) is 13.9. The molecule has 3 aliphatic rings. The van der Waals surface area contributed by atoms with Gasteiger partial charge in [-0.05, 0) is 62.7 Å². The number of rotatable bonds is 9. The molecule has 6 rings (SSSR count). The van der Waals surface area contributed by atoms with Gasteiger partial charge in [0.2, 0.25) is 11.8 Å². The average molecular weight is 595 g/mol. The Morgan fingerprint density at radius 2 is 1.74 bits per heavy atom. The van der Waals surface area contributed by atoms with Crippen LogP contribution in [0.5, 0.6) is 11.5 Å². The molecule has 0 bridgehead atoms. The monoisotopic (exact) mass is 594 g/mol. The van der Waals surface area contributed by atoms with Gasteiger partial charge in [0.05, 0.1) is 5.69 Å². The van der Waals surface area contributed by atoms with E-state index < -0.39 is 46.1 Å². The van der Waals surface area contributed by atoms with Crippen LogP contribution in [0.3, 0.4) is 0 Å². The molecule has 224 valence electrons. The molecule has 2 saturated heterocycles. The van der Waals surface area contributed by atoms with Gasteiger partial charge in [0.1, 0.15) is 22.8 Å². The lowest BCUT2D eigenvalue weighted by Gasteiger charge is -2.43. The van der Waals surface area contributed by atoms with Crippen molar-refractivity contribution in [3.63, 3.8) is 0 Å². The van der Waals surface area contributed by atoms with E-state index in [0.717, 1.165) is 48.8 Å². The van der Waals surface area contributed by atoms with E-state index in [1.165, 1.54) is 36.9 Å². The van der Waals surface area contributed by atoms with Crippen LogP contribution in [-0.2, 0) is 9.59 Å². The fourth-order valence-corrected chi connectivity index (χ4v) is 5.27. The Bertz CT molecular complexity index is 1570. The first kappa shape index (κ1) is 28.5. The second kappa shape index (κ2) is 11.2. The fraction of sp³-hybridized carbons (Fsp3) is 0.333. The van der Waals surface area contributed by atoms with Crippen molar-refractivity contribution in [2.24, 2.45) is 17.1 Å². The summed E-state index contributed by atoms with van der Waals surface area (Å²) < 4.78 is 50.0. The number of anilines is 3. The Balaban J connectivity index is 1.18. The summed E-state index contributed by atoms with van der Waals surface area (Å²) in [5, 5.41) is 2.69. The number of carbonyl (C=O) groups is 3. The van der Waals surface area contributed by atoms with Gasteiger partial charge in [0.15, 0.2) is 17.4 Å². The largest absolute Gasteiger partial charge is 0.454 e. The Labute approximate surface area is 245 Å². The molecule has 4 amide bonds. The molecule has 10 nitrogen and oxygen atoms in total. The minimum atomic E-state index is -1.56. The highest BCUT2D eigenvalue weighted by Crippen LogP contribution is 2.49. The molecule has 2 aliphatic heterocycles. The van der Waals surface area contributed by atoms with Crippen LogP contribution >= 0.6 is 0 Å². The number of ether oxygens (including phenoxy) is 1. The third kappa shape index (κ3) is 5.72. The van der Waals surface area contributed by atoms with E-state index in [1.807, 2.05) is 0 Å². The van der Waals surface area contributed by atoms with Gasteiger partial charge >= 0.3 is 6.03 Å². The summed E-state index contributed by atoms with van der Waals surface area (Å²) in [6.07, 6.45) is 2.88. The number of halogens is 3. The van der Waals surface area contributed by atoms with Gasteiger partial charge in [0.25, 0.3) is 0 Å². The van der Waals surface area contributed by atoms with Crippen molar-refractivity contribution in [1.82, 2.24) is 14.8 Å². The zero-order valence-electron chi connectivity index (χ0n) is 23.1. The van der Waals surface area contributed by atoms with Crippen LogP contribution in [0.1, 0.15) is 19.3 Å². The SMILES string of the molecule is NC(=O)C1(C(=O)N(c2ccc(F)cc2)c2cc(F)c(Oc3ccnc(NC(=O)N4CC(CN5CCC5)C4)c3)cc2F)CC1. The van der Waals surface area contributed by atoms with Crippen LogP contribution in [0.15, 0.2) is 54.7 Å². The molecule has 3 fully saturated rings. The number of aromatic nitrogens is 1. The molecular weight excluding hydrogens is 565 g/mol. The van der Waals surface area contributed by atoms with Crippen molar-refractivity contribution in [1.29, 1.82) is 0 Å². The number of likely N-dealkylation sites (tertiary alicyclic amines) is 2. The van der Waals surface area contributed by atoms with E-state index in [4.69, 9.17) is 10.5 Å². The summed E-state index contributed by atoms with van der Waals surface area (Å²) in [7, 11) is 0. The van der Waals surface area contributed by atoms with Crippen molar-refractivity contribution in [3.05, 3.63) is 72.2 Å². The smallest absolute Gasteiger partial charge is 0.323 e. The first-order chi connectivity index (χ1) is 20.6. The molecule has 1 aliphatic carbocycles. The third-order valence-electron chi connectivity index (χ3n) is 8.06. The van der Waals surface area contributed by atoms with E-state index in [-0.39, 0.29) is 36.1 Å². The molecule has 13 heteroatoms. The number of primary amides is 1. The molecule has 0 atom stereocenters. The normalized spacial score (nSPS) is 17.4. The average Bonchev–Trinajstić information content (AvgIpc) is 3.73. The number of nitrogens with two attached hydrogens (primary N) is 1. The maximum Gasteiger partial charge on any atom is 0.323 e. The van der Waals surface area contributed by atoms with Crippen LogP contribution in [0.4, 0.5) is 35.2 Å². The summed E-state index contributed by atoms with van der Waals surface area (Å²) in [5.74, 6) is -4.20. The summed E-state index contributed by atoms with van der Waals surface area (Å²) in [5.41, 5.74) is 3.42. The number of carbonyl (C=O) groups excluding carboxylic acids is 3. The van der Waals surface area contributed by atoms with Crippen molar-refractivity contribution >= 4 is 35.0 Å². The zero-order valence-corrected chi connectivity index (χ0v) is 23.1. The first-order valence-corrected chi connectivity index (χ1v) is 13.9. The number of nitrogens with zero attached hydrogens (tertiary/aromatic N) is 4. The Morgan fingerprint density at radius 3 is 2.37 bits per heavy atom. The number of amides is 4. The minimum absolute atomic E-state index is 0.0227. The van der Waals surface area contributed by atoms with Crippen molar-refractivity contribution in [2.75, 3.05) is 42.9 Å². The standard InChI is InChI=1S/C30H29F3N6O4/c31-19-2-4-20(5-3-19)39(28(41)30(7-8-30)27(34)40)24-13-23(33)25(14-22(24)32)43-21-6-9-35-26(12-21)36-29(42)38-16-18(17-38)15-37-10-1-11-37/h2-6,9,12-14,18H,1,7-8,10-11,15-17H2,(H2,34,40)(H,35,36,42). The van der Waals surface area contributed by atoms with E-state index >= 15 is 8.78 Å². The molecule has 0 spiro atoms. The highest BCUT2D eigenvalue weighted by Gasteiger charge is 2.57. The van der Waals surface area contributed by atoms with E-state index in [0.29, 0.717) is 19.0 Å². The molecule has 1 aromatic heterocycles. The summed E-state index contributed by atoms with van der Waals surface area (Å²) >= 11 is 0. The summed E-state index contributed by atoms with van der Waals surface area (Å²) in [6.45, 7) is 4.48. The van der Waals surface area contributed by atoms with Crippen LogP contribution in [0.25, 0.3) is 0 Å². The maximum atomic E-state index is 15.5. The van der Waals surface area contributed by atoms with Gasteiger partial charge in [-0.3, -0.25) is 19.8 Å². The van der Waals surface area contributed by atoms with Crippen LogP contribution in [-0.4, -0.2) is 65.4 Å². The van der Waals surface area contributed by atoms with E-state index in [2.05, 4.69) is 15.2 Å². The summed E-state index contributed by atoms with van der Waals surface area (Å²) in [6, 6.07) is 8.52. The van der Waals surface area contributed by atoms with Crippen molar-refractivity contribution in [3.8, 4) is 11.5 Å². The lowest BCUT2D eigenvalue weighted by Crippen LogP contribution is -2.56. The Hall–Kier alpha value is -4.65. The quantitative estimate of drug-likeness (QED) is 0.355. The number of hydrogen-bond donors (Lipinski definition) is 2. The predicted molar refractivity (Wildman–Crippen MR) is 150 cm³/mol. The lowest BCUT2D eigenvalue weighted by atomic mass is 9.98. The van der Waals surface area contributed by atoms with Gasteiger partial charge in [-0.1, -0.05) is 0 Å². The fourth-order valence-electron chi connectivity index (χ4n) is 5.27. The van der Waals surface area contributed by atoms with Crippen LogP contribution in [0, 0.1) is 28.8 Å². The lowest BCUT2D eigenvalue weighted by molar-refractivity contribution is -0.133. The Kier molecular flexibility index (Phi) is 7.42. The van der Waals surface area contributed by atoms with Crippen LogP contribution in [0.2, 0.25) is 0 Å². The third-order valence-corrected chi connectivity index (χ3v) is 8.06. The molecule has 3 heterocycles. The zero-order chi connectivity index (χ0) is 30.3. The van der Waals surface area contributed by atoms with Gasteiger partial charge < -0.3 is 20.3 Å². The minimum Gasteiger partial charge on any atom is -0.454 e. The maximum absolute atomic E-state index is 15.5. The number of nitrogens with one attached hydrogen (secondary N) is 1. The van der Waals surface area contributed by atoms with Crippen LogP contribution < -0.4 is 20.7 Å². The topological polar surface area (TPSA) is 121 Å². The predicted octanol–water partition coefficient (Wildman–Crippen LogP) is 4.39. The molecule has 1 saturated carbocycles. The molecular formula is C30H29F3N6O4. The molecule has 43 heavy (non-hydrogen) atoms. The number of benzene rings is 2. The van der Waals surface area contributed by atoms with E-state index in [9.17, 15) is 18.8 Å². The highest BCUT2D eigenvalue weighted by atomic mass is 19.1. The molecule has 0 unspecified atom stereocenters. The Morgan fingerprint density at radius 1 is 1.02 bits per heavy atom. The molecule has 3 N–H and O–H groups in total. The molecule has 2 aromatic carbocycles. The van der Waals surface area contributed by atoms with Gasteiger partial charge in [0, 0.05) is 55.6 Å². The van der Waals surface area contributed by atoms with Gasteiger partial charge in [-0.15, -0.1) is 0 Å². The number of hydrogen-bond acceptors (Lipinski definition) is 6. The number of urea groups is 1. The second-order valence-corrected chi connectivity index (χ2v) is 11.1. The molecule has 3 aromatic rings. The second-order valence-electron chi connectivity index (χ2n) is 11.1.